The predicted molar refractivity (Wildman–Crippen MR) is 303 cm³/mol. The second-order valence-corrected chi connectivity index (χ2v) is 23.6. The second-order valence-electron chi connectivity index (χ2n) is 22.2. The van der Waals surface area contributed by atoms with Crippen molar-refractivity contribution in [2.24, 2.45) is 0 Å². The van der Waals surface area contributed by atoms with E-state index in [4.69, 9.17) is 13.8 Å². The molecule has 0 spiro atoms. The number of phosphoric acid groups is 1. The summed E-state index contributed by atoms with van der Waals surface area (Å²) in [5.41, 5.74) is 0. The molecule has 1 N–H and O–H groups in total. The predicted octanol–water partition coefficient (Wildman–Crippen LogP) is 17.9. The molecule has 0 aliphatic carbocycles. The number of nitrogens with one attached hydrogen (secondary N) is 1. The Morgan fingerprint density at radius 1 is 0.479 bits per heavy atom. The Morgan fingerprint density at radius 2 is 0.817 bits per heavy atom. The van der Waals surface area contributed by atoms with E-state index < -0.39 is 20.0 Å². The molecule has 1 amide bonds. The van der Waals surface area contributed by atoms with Crippen LogP contribution in [0.4, 0.5) is 0 Å². The zero-order valence-corrected chi connectivity index (χ0v) is 48.8. The van der Waals surface area contributed by atoms with Crippen LogP contribution in [0.25, 0.3) is 0 Å². The Hall–Kier alpha value is -1.51. The number of quaternary nitrogens is 1. The lowest BCUT2D eigenvalue weighted by atomic mass is 10.0. The first-order valence-electron chi connectivity index (χ1n) is 30.6. The fourth-order valence-corrected chi connectivity index (χ4v) is 9.83. The van der Waals surface area contributed by atoms with Gasteiger partial charge in [0.25, 0.3) is 7.82 Å². The molecule has 9 nitrogen and oxygen atoms in total. The van der Waals surface area contributed by atoms with Crippen molar-refractivity contribution < 1.29 is 37.3 Å². The fraction of sp³-hybridized carbons (Fsp3) is 0.902. The van der Waals surface area contributed by atoms with Crippen molar-refractivity contribution in [3.8, 4) is 0 Å². The normalized spacial score (nSPS) is 13.8. The second kappa shape index (κ2) is 52.0. The van der Waals surface area contributed by atoms with E-state index in [-0.39, 0.29) is 31.5 Å². The highest BCUT2D eigenvalue weighted by Crippen LogP contribution is 2.38. The summed E-state index contributed by atoms with van der Waals surface area (Å²) in [5.74, 6) is -0.528. The van der Waals surface area contributed by atoms with Crippen molar-refractivity contribution in [2.75, 3.05) is 40.9 Å². The number of nitrogens with zero attached hydrogens (tertiary/aromatic N) is 1. The lowest BCUT2D eigenvalue weighted by molar-refractivity contribution is -0.870. The van der Waals surface area contributed by atoms with Gasteiger partial charge in [-0.3, -0.25) is 14.2 Å². The van der Waals surface area contributed by atoms with Crippen LogP contribution in [0.1, 0.15) is 303 Å². The maximum atomic E-state index is 13.5. The summed E-state index contributed by atoms with van der Waals surface area (Å²) in [6.07, 6.45) is 59.9. The monoisotopic (exact) mass is 1020 g/mol. The molecule has 0 heterocycles. The Bertz CT molecular complexity index is 1270. The molecule has 0 fully saturated rings. The number of hydrogen-bond donors (Lipinski definition) is 1. The van der Waals surface area contributed by atoms with Crippen LogP contribution in [0.2, 0.25) is 0 Å². The van der Waals surface area contributed by atoms with E-state index in [0.29, 0.717) is 17.4 Å². The molecule has 0 saturated heterocycles. The van der Waals surface area contributed by atoms with Crippen molar-refractivity contribution in [3.05, 3.63) is 24.3 Å². The van der Waals surface area contributed by atoms with Gasteiger partial charge in [0, 0.05) is 12.8 Å². The van der Waals surface area contributed by atoms with Gasteiger partial charge >= 0.3 is 5.97 Å². The van der Waals surface area contributed by atoms with Crippen molar-refractivity contribution in [3.63, 3.8) is 0 Å². The minimum atomic E-state index is -4.69. The molecule has 0 aromatic rings. The highest BCUT2D eigenvalue weighted by molar-refractivity contribution is 7.45. The quantitative estimate of drug-likeness (QED) is 0.0212. The number of carbonyl (C=O) groups excluding carboxylic acids is 2. The number of ether oxygens (including phenoxy) is 1. The van der Waals surface area contributed by atoms with Crippen molar-refractivity contribution in [2.45, 2.75) is 315 Å². The van der Waals surface area contributed by atoms with Gasteiger partial charge in [-0.15, -0.1) is 0 Å². The molecule has 0 aromatic heterocycles. The molecule has 0 aliphatic rings. The van der Waals surface area contributed by atoms with Gasteiger partial charge < -0.3 is 28.5 Å². The number of allylic oxidation sites excluding steroid dienone is 3. The minimum Gasteiger partial charge on any atom is -0.756 e. The van der Waals surface area contributed by atoms with E-state index in [9.17, 15) is 19.0 Å². The summed E-state index contributed by atoms with van der Waals surface area (Å²) in [6.45, 7) is 6.87. The largest absolute Gasteiger partial charge is 0.756 e. The molecule has 0 aliphatic heterocycles. The van der Waals surface area contributed by atoms with E-state index in [2.05, 4.69) is 38.2 Å². The zero-order chi connectivity index (χ0) is 52.2. The number of likely N-dealkylation sites (N-methyl/N-ethyl adjacent to an activating group) is 1. The molecule has 0 saturated carbocycles. The Balaban J connectivity index is 5.23. The van der Waals surface area contributed by atoms with Crippen molar-refractivity contribution in [1.29, 1.82) is 0 Å². The number of rotatable bonds is 56. The highest BCUT2D eigenvalue weighted by atomic mass is 31.2. The molecular weight excluding hydrogens is 904 g/mol. The van der Waals surface area contributed by atoms with Crippen LogP contribution in [-0.4, -0.2) is 69.4 Å². The molecule has 3 unspecified atom stereocenters. The lowest BCUT2D eigenvalue weighted by Gasteiger charge is -2.30. The van der Waals surface area contributed by atoms with Crippen molar-refractivity contribution >= 4 is 19.7 Å². The molecule has 10 heteroatoms. The molecular formula is C61H119N2O7P. The van der Waals surface area contributed by atoms with Gasteiger partial charge in [0.05, 0.1) is 33.8 Å². The Labute approximate surface area is 441 Å². The van der Waals surface area contributed by atoms with Gasteiger partial charge in [-0.2, -0.15) is 0 Å². The highest BCUT2D eigenvalue weighted by Gasteiger charge is 2.27. The first-order valence-corrected chi connectivity index (χ1v) is 32.1. The van der Waals surface area contributed by atoms with Crippen LogP contribution in [0.3, 0.4) is 0 Å². The first kappa shape index (κ1) is 69.5. The molecule has 71 heavy (non-hydrogen) atoms. The third-order valence-electron chi connectivity index (χ3n) is 13.9. The summed E-state index contributed by atoms with van der Waals surface area (Å²) in [6, 6.07) is -0.883. The maximum absolute atomic E-state index is 13.5. The zero-order valence-electron chi connectivity index (χ0n) is 48.0. The van der Waals surface area contributed by atoms with Gasteiger partial charge in [-0.25, -0.2) is 0 Å². The number of carbonyl (C=O) groups is 2. The maximum Gasteiger partial charge on any atom is 0.306 e. The summed E-state index contributed by atoms with van der Waals surface area (Å²) in [5, 5.41) is 3.03. The average Bonchev–Trinajstić information content (AvgIpc) is 3.33. The van der Waals surface area contributed by atoms with Crippen LogP contribution in [-0.2, 0) is 27.9 Å². The van der Waals surface area contributed by atoms with Crippen molar-refractivity contribution in [1.82, 2.24) is 5.32 Å². The van der Waals surface area contributed by atoms with Gasteiger partial charge in [-0.1, -0.05) is 257 Å². The van der Waals surface area contributed by atoms with Gasteiger partial charge in [-0.05, 0) is 57.4 Å². The van der Waals surface area contributed by atoms with Gasteiger partial charge in [0.15, 0.2) is 0 Å². The molecule has 0 aromatic carbocycles. The molecule has 0 rings (SSSR count). The van der Waals surface area contributed by atoms with Gasteiger partial charge in [0.2, 0.25) is 5.91 Å². The molecule has 420 valence electrons. The van der Waals surface area contributed by atoms with Crippen LogP contribution in [0, 0.1) is 0 Å². The number of unbranched alkanes of at least 4 members (excludes halogenated alkanes) is 38. The summed E-state index contributed by atoms with van der Waals surface area (Å²) in [4.78, 5) is 39.9. The lowest BCUT2D eigenvalue weighted by Crippen LogP contribution is -2.47. The third-order valence-corrected chi connectivity index (χ3v) is 14.8. The first-order chi connectivity index (χ1) is 34.4. The topological polar surface area (TPSA) is 114 Å². The minimum absolute atomic E-state index is 0.0192. The van der Waals surface area contributed by atoms with E-state index >= 15 is 0 Å². The molecule has 0 radical (unpaired) electrons. The van der Waals surface area contributed by atoms with E-state index in [1.54, 1.807) is 0 Å². The number of amides is 1. The number of hydrogen-bond acceptors (Lipinski definition) is 7. The third kappa shape index (κ3) is 53.1. The van der Waals surface area contributed by atoms with Crippen LogP contribution in [0.15, 0.2) is 24.3 Å². The summed E-state index contributed by atoms with van der Waals surface area (Å²) >= 11 is 0. The van der Waals surface area contributed by atoms with E-state index in [1.165, 1.54) is 212 Å². The molecule has 3 atom stereocenters. The van der Waals surface area contributed by atoms with E-state index in [1.807, 2.05) is 33.3 Å². The summed E-state index contributed by atoms with van der Waals surface area (Å²) < 4.78 is 30.3. The number of phosphoric ester groups is 1. The SMILES string of the molecule is CCCCCCCC/C=C/CCCCCCCCCCCC(=O)NC(COP(=O)([O-])OCC[N+](C)(C)C)C(/C=C\CCCCCCCCCCCC)OC(=O)CCCCCCCCCCCCCCCC. The Kier molecular flexibility index (Phi) is 50.8. The Morgan fingerprint density at radius 3 is 1.20 bits per heavy atom. The van der Waals surface area contributed by atoms with Gasteiger partial charge in [0.1, 0.15) is 19.3 Å². The fourth-order valence-electron chi connectivity index (χ4n) is 9.11. The van der Waals surface area contributed by atoms with Crippen LogP contribution >= 0.6 is 7.82 Å². The van der Waals surface area contributed by atoms with E-state index in [0.717, 1.165) is 57.8 Å². The number of esters is 1. The van der Waals surface area contributed by atoms with Crippen LogP contribution < -0.4 is 10.2 Å². The smallest absolute Gasteiger partial charge is 0.306 e. The summed E-state index contributed by atoms with van der Waals surface area (Å²) in [7, 11) is 1.20. The average molecular weight is 1020 g/mol. The van der Waals surface area contributed by atoms with Crippen LogP contribution in [0.5, 0.6) is 0 Å². The molecule has 0 bridgehead atoms. The standard InChI is InChI=1S/C61H119N2O7P/c1-7-10-13-16-19-22-25-28-30-31-32-33-34-35-38-41-44-47-50-53-60(64)62-58(57-69-71(66,67)68-56-55-63(4,5)6)59(52-49-46-43-40-37-27-24-21-18-15-12-9-3)70-61(65)54-51-48-45-42-39-36-29-26-23-20-17-14-11-8-2/h28,30,49,52,58-59H,7-27,29,31-48,50-51,53-57H2,1-6H3,(H-,62,64,66,67)/b30-28+,52-49-.